The molecule has 112 valence electrons. The molecule has 5 nitrogen and oxygen atoms in total. The van der Waals surface area contributed by atoms with Crippen LogP contribution in [0.4, 0.5) is 5.69 Å². The monoisotopic (exact) mass is 286 g/mol. The van der Waals surface area contributed by atoms with Gasteiger partial charge in [0, 0.05) is 32.2 Å². The van der Waals surface area contributed by atoms with Crippen LogP contribution in [0.15, 0.2) is 24.5 Å². The normalized spacial score (nSPS) is 15.3. The lowest BCUT2D eigenvalue weighted by atomic mass is 10.0. The summed E-state index contributed by atoms with van der Waals surface area (Å²) in [7, 11) is 2.11. The Labute approximate surface area is 125 Å². The zero-order valence-electron chi connectivity index (χ0n) is 12.7. The van der Waals surface area contributed by atoms with E-state index in [1.807, 2.05) is 10.7 Å². The molecule has 1 unspecified atom stereocenters. The summed E-state index contributed by atoms with van der Waals surface area (Å²) >= 11 is 0. The van der Waals surface area contributed by atoms with E-state index in [0.29, 0.717) is 6.42 Å². The summed E-state index contributed by atoms with van der Waals surface area (Å²) in [6, 6.07) is 6.26. The predicted octanol–water partition coefficient (Wildman–Crippen LogP) is 1.96. The van der Waals surface area contributed by atoms with Crippen LogP contribution < -0.4 is 4.90 Å². The number of aliphatic hydroxyl groups excluding tert-OH is 1. The van der Waals surface area contributed by atoms with Gasteiger partial charge in [0.2, 0.25) is 0 Å². The molecular weight excluding hydrogens is 264 g/mol. The molecule has 1 aromatic carbocycles. The minimum atomic E-state index is -0.527. The van der Waals surface area contributed by atoms with Gasteiger partial charge >= 0.3 is 0 Å². The van der Waals surface area contributed by atoms with E-state index in [4.69, 9.17) is 0 Å². The Bertz CT molecular complexity index is 622. The number of likely N-dealkylation sites (N-methyl/N-ethyl adjacent to an activating group) is 1. The van der Waals surface area contributed by atoms with Gasteiger partial charge in [0.1, 0.15) is 12.2 Å². The number of fused-ring (bicyclic) bond motifs is 1. The van der Waals surface area contributed by atoms with Gasteiger partial charge in [-0.05, 0) is 30.0 Å². The van der Waals surface area contributed by atoms with Crippen LogP contribution in [0.5, 0.6) is 0 Å². The highest BCUT2D eigenvalue weighted by Gasteiger charge is 2.19. The summed E-state index contributed by atoms with van der Waals surface area (Å²) < 4.78 is 1.88. The molecule has 1 aliphatic rings. The standard InChI is InChI=1S/C16H22N4O/c1-3-7-20-16(17-11-18-20)10-15(21)13-4-5-14-12(9-13)6-8-19(14)2/h4-5,9,11,15,21H,3,6-8,10H2,1-2H3. The molecule has 21 heavy (non-hydrogen) atoms. The smallest absolute Gasteiger partial charge is 0.138 e. The fraction of sp³-hybridized carbons (Fsp3) is 0.500. The molecule has 0 spiro atoms. The molecule has 0 saturated heterocycles. The number of aromatic nitrogens is 3. The van der Waals surface area contributed by atoms with Crippen molar-refractivity contribution in [2.24, 2.45) is 0 Å². The summed E-state index contributed by atoms with van der Waals surface area (Å²) in [4.78, 5) is 6.52. The van der Waals surface area contributed by atoms with Crippen LogP contribution in [0.1, 0.15) is 36.4 Å². The van der Waals surface area contributed by atoms with Crippen molar-refractivity contribution >= 4 is 5.69 Å². The van der Waals surface area contributed by atoms with E-state index in [0.717, 1.165) is 37.3 Å². The highest BCUT2D eigenvalue weighted by atomic mass is 16.3. The highest BCUT2D eigenvalue weighted by molar-refractivity contribution is 5.58. The molecule has 3 rings (SSSR count). The number of benzene rings is 1. The SMILES string of the molecule is CCCn1ncnc1CC(O)c1ccc2c(c1)CCN2C. The number of hydrogen-bond donors (Lipinski definition) is 1. The minimum Gasteiger partial charge on any atom is -0.388 e. The van der Waals surface area contributed by atoms with Crippen LogP contribution >= 0.6 is 0 Å². The molecule has 1 aliphatic heterocycles. The number of aliphatic hydroxyl groups is 1. The first kappa shape index (κ1) is 14.1. The van der Waals surface area contributed by atoms with E-state index in [1.165, 1.54) is 11.3 Å². The fourth-order valence-electron chi connectivity index (χ4n) is 2.93. The van der Waals surface area contributed by atoms with Crippen LogP contribution in [0.25, 0.3) is 0 Å². The fourth-order valence-corrected chi connectivity index (χ4v) is 2.93. The zero-order chi connectivity index (χ0) is 14.8. The molecule has 5 heteroatoms. The third-order valence-electron chi connectivity index (χ3n) is 4.12. The first-order valence-corrected chi connectivity index (χ1v) is 7.57. The van der Waals surface area contributed by atoms with Crippen molar-refractivity contribution in [2.75, 3.05) is 18.5 Å². The van der Waals surface area contributed by atoms with Crippen molar-refractivity contribution in [3.8, 4) is 0 Å². The summed E-state index contributed by atoms with van der Waals surface area (Å²) in [5.41, 5.74) is 3.57. The lowest BCUT2D eigenvalue weighted by Gasteiger charge is -2.15. The number of aryl methyl sites for hydroxylation is 1. The maximum absolute atomic E-state index is 10.5. The van der Waals surface area contributed by atoms with Gasteiger partial charge in [-0.1, -0.05) is 19.1 Å². The van der Waals surface area contributed by atoms with Gasteiger partial charge in [0.15, 0.2) is 0 Å². The summed E-state index contributed by atoms with van der Waals surface area (Å²) in [6.07, 6.45) is 3.61. The van der Waals surface area contributed by atoms with Gasteiger partial charge in [-0.2, -0.15) is 5.10 Å². The molecule has 1 N–H and O–H groups in total. The van der Waals surface area contributed by atoms with E-state index >= 15 is 0 Å². The molecule has 2 aromatic rings. The first-order valence-electron chi connectivity index (χ1n) is 7.57. The Hall–Kier alpha value is -1.88. The first-order chi connectivity index (χ1) is 10.2. The Kier molecular flexibility index (Phi) is 3.92. The Morgan fingerprint density at radius 3 is 3.05 bits per heavy atom. The molecule has 0 amide bonds. The van der Waals surface area contributed by atoms with E-state index in [9.17, 15) is 5.11 Å². The summed E-state index contributed by atoms with van der Waals surface area (Å²) in [5, 5.41) is 14.7. The number of rotatable bonds is 5. The molecule has 1 atom stereocenters. The maximum Gasteiger partial charge on any atom is 0.138 e. The van der Waals surface area contributed by atoms with E-state index in [2.05, 4.69) is 41.1 Å². The van der Waals surface area contributed by atoms with Gasteiger partial charge < -0.3 is 10.0 Å². The third-order valence-corrected chi connectivity index (χ3v) is 4.12. The minimum absolute atomic E-state index is 0.509. The van der Waals surface area contributed by atoms with E-state index in [-0.39, 0.29) is 0 Å². The summed E-state index contributed by atoms with van der Waals surface area (Å²) in [5.74, 6) is 0.849. The number of nitrogens with zero attached hydrogens (tertiary/aromatic N) is 4. The zero-order valence-corrected chi connectivity index (χ0v) is 12.7. The van der Waals surface area contributed by atoms with E-state index in [1.54, 1.807) is 6.33 Å². The van der Waals surface area contributed by atoms with Crippen molar-refractivity contribution in [3.63, 3.8) is 0 Å². The third kappa shape index (κ3) is 2.78. The average molecular weight is 286 g/mol. The van der Waals surface area contributed by atoms with Crippen molar-refractivity contribution < 1.29 is 5.11 Å². The van der Waals surface area contributed by atoms with Crippen molar-refractivity contribution in [1.29, 1.82) is 0 Å². The molecule has 0 saturated carbocycles. The molecule has 2 heterocycles. The summed E-state index contributed by atoms with van der Waals surface area (Å²) in [6.45, 7) is 4.01. The van der Waals surface area contributed by atoms with Crippen molar-refractivity contribution in [1.82, 2.24) is 14.8 Å². The van der Waals surface area contributed by atoms with Crippen LogP contribution in [0.3, 0.4) is 0 Å². The number of anilines is 1. The van der Waals surface area contributed by atoms with E-state index < -0.39 is 6.10 Å². The van der Waals surface area contributed by atoms with Gasteiger partial charge in [0.05, 0.1) is 6.10 Å². The molecular formula is C16H22N4O. The van der Waals surface area contributed by atoms with Crippen LogP contribution in [0.2, 0.25) is 0 Å². The second-order valence-electron chi connectivity index (χ2n) is 5.68. The second kappa shape index (κ2) is 5.85. The predicted molar refractivity (Wildman–Crippen MR) is 82.4 cm³/mol. The molecule has 0 aliphatic carbocycles. The lowest BCUT2D eigenvalue weighted by molar-refractivity contribution is 0.174. The Morgan fingerprint density at radius 1 is 1.38 bits per heavy atom. The van der Waals surface area contributed by atoms with Gasteiger partial charge in [-0.3, -0.25) is 4.68 Å². The van der Waals surface area contributed by atoms with Crippen LogP contribution in [-0.2, 0) is 19.4 Å². The van der Waals surface area contributed by atoms with Crippen molar-refractivity contribution in [2.45, 2.75) is 38.8 Å². The quantitative estimate of drug-likeness (QED) is 0.913. The lowest BCUT2D eigenvalue weighted by Crippen LogP contribution is -2.12. The van der Waals surface area contributed by atoms with Gasteiger partial charge in [-0.15, -0.1) is 0 Å². The second-order valence-corrected chi connectivity index (χ2v) is 5.68. The molecule has 0 fully saturated rings. The van der Waals surface area contributed by atoms with Gasteiger partial charge in [0.25, 0.3) is 0 Å². The molecule has 1 aromatic heterocycles. The maximum atomic E-state index is 10.5. The largest absolute Gasteiger partial charge is 0.388 e. The average Bonchev–Trinajstić information content (AvgIpc) is 3.07. The number of hydrogen-bond acceptors (Lipinski definition) is 4. The van der Waals surface area contributed by atoms with Crippen molar-refractivity contribution in [3.05, 3.63) is 41.5 Å². The topological polar surface area (TPSA) is 54.2 Å². The van der Waals surface area contributed by atoms with Gasteiger partial charge in [-0.25, -0.2) is 4.98 Å². The highest BCUT2D eigenvalue weighted by Crippen LogP contribution is 2.30. The Morgan fingerprint density at radius 2 is 2.24 bits per heavy atom. The molecule has 0 radical (unpaired) electrons. The van der Waals surface area contributed by atoms with Crippen LogP contribution in [0, 0.1) is 0 Å². The van der Waals surface area contributed by atoms with Crippen LogP contribution in [-0.4, -0.2) is 33.5 Å². The Balaban J connectivity index is 1.76. The molecule has 0 bridgehead atoms.